The molecule has 6 nitrogen and oxygen atoms in total. The van der Waals surface area contributed by atoms with Crippen LogP contribution in [0.25, 0.3) is 0 Å². The first-order valence-electron chi connectivity index (χ1n) is 5.81. The van der Waals surface area contributed by atoms with Gasteiger partial charge in [0, 0.05) is 38.0 Å². The Balaban J connectivity index is 2.08. The second kappa shape index (κ2) is 5.78. The molecule has 0 bridgehead atoms. The van der Waals surface area contributed by atoms with E-state index in [4.69, 9.17) is 5.26 Å². The van der Waals surface area contributed by atoms with Crippen molar-refractivity contribution in [2.75, 3.05) is 18.5 Å². The maximum Gasteiger partial charge on any atom is 0.347 e. The van der Waals surface area contributed by atoms with Crippen LogP contribution in [0, 0.1) is 11.3 Å². The zero-order chi connectivity index (χ0) is 13.7. The molecule has 0 unspecified atom stereocenters. The maximum absolute atomic E-state index is 11.3. The van der Waals surface area contributed by atoms with E-state index in [9.17, 15) is 4.79 Å². The number of nitrogens with one attached hydrogen (secondary N) is 1. The summed E-state index contributed by atoms with van der Waals surface area (Å²) in [7, 11) is 1.83. The minimum atomic E-state index is -0.515. The fourth-order valence-electron chi connectivity index (χ4n) is 1.64. The van der Waals surface area contributed by atoms with Gasteiger partial charge in [-0.3, -0.25) is 9.97 Å². The normalized spacial score (nSPS) is 9.89. The van der Waals surface area contributed by atoms with Crippen LogP contribution >= 0.6 is 0 Å². The molecule has 2 aromatic heterocycles. The monoisotopic (exact) mass is 255 g/mol. The number of nitrogens with zero attached hydrogens (tertiary/aromatic N) is 4. The van der Waals surface area contributed by atoms with Crippen LogP contribution in [0.2, 0.25) is 0 Å². The highest BCUT2D eigenvalue weighted by Gasteiger charge is 2.06. The highest BCUT2D eigenvalue weighted by Crippen LogP contribution is 2.07. The molecule has 0 aliphatic carbocycles. The number of aromatic nitrogens is 3. The van der Waals surface area contributed by atoms with Crippen molar-refractivity contribution in [3.63, 3.8) is 0 Å². The second-order valence-electron chi connectivity index (χ2n) is 4.06. The third-order valence-corrected chi connectivity index (χ3v) is 2.67. The first-order chi connectivity index (χ1) is 9.19. The van der Waals surface area contributed by atoms with Crippen molar-refractivity contribution in [3.8, 4) is 6.07 Å². The Labute approximate surface area is 110 Å². The number of anilines is 1. The van der Waals surface area contributed by atoms with E-state index in [0.717, 1.165) is 12.1 Å². The van der Waals surface area contributed by atoms with Crippen LogP contribution in [-0.2, 0) is 6.42 Å². The average Bonchev–Trinajstić information content (AvgIpc) is 2.45. The molecule has 0 saturated heterocycles. The van der Waals surface area contributed by atoms with Gasteiger partial charge in [-0.1, -0.05) is 6.07 Å². The van der Waals surface area contributed by atoms with Crippen molar-refractivity contribution in [3.05, 3.63) is 52.3 Å². The summed E-state index contributed by atoms with van der Waals surface area (Å²) in [6, 6.07) is 9.20. The lowest BCUT2D eigenvalue weighted by molar-refractivity contribution is 0.830. The number of rotatable bonds is 4. The van der Waals surface area contributed by atoms with Crippen LogP contribution in [0.5, 0.6) is 0 Å². The third kappa shape index (κ3) is 3.39. The standard InChI is InChI=1S/C13H13N5O/c1-18(7-5-10-4-2-3-6-15-10)12-8-11(9-14)16-13(19)17-12/h2-4,6,8H,5,7H2,1H3,(H,16,17,19). The summed E-state index contributed by atoms with van der Waals surface area (Å²) in [6.07, 6.45) is 2.49. The molecule has 0 fully saturated rings. The van der Waals surface area contributed by atoms with E-state index in [-0.39, 0.29) is 5.69 Å². The van der Waals surface area contributed by atoms with Gasteiger partial charge in [0.15, 0.2) is 0 Å². The summed E-state index contributed by atoms with van der Waals surface area (Å²) in [4.78, 5) is 23.5. The van der Waals surface area contributed by atoms with E-state index < -0.39 is 5.69 Å². The fraction of sp³-hybridized carbons (Fsp3) is 0.231. The van der Waals surface area contributed by atoms with Crippen LogP contribution < -0.4 is 10.6 Å². The highest BCUT2D eigenvalue weighted by molar-refractivity contribution is 5.41. The zero-order valence-electron chi connectivity index (χ0n) is 10.5. The number of pyridine rings is 1. The predicted octanol–water partition coefficient (Wildman–Crippen LogP) is 0.715. The van der Waals surface area contributed by atoms with Gasteiger partial charge in [0.1, 0.15) is 17.6 Å². The molecule has 0 radical (unpaired) electrons. The largest absolute Gasteiger partial charge is 0.359 e. The number of likely N-dealkylation sites (N-methyl/N-ethyl adjacent to an activating group) is 1. The highest BCUT2D eigenvalue weighted by atomic mass is 16.1. The minimum absolute atomic E-state index is 0.208. The molecule has 0 aliphatic rings. The molecule has 2 heterocycles. The first-order valence-corrected chi connectivity index (χ1v) is 5.81. The maximum atomic E-state index is 11.3. The van der Waals surface area contributed by atoms with E-state index in [2.05, 4.69) is 15.0 Å². The zero-order valence-corrected chi connectivity index (χ0v) is 10.5. The van der Waals surface area contributed by atoms with Crippen LogP contribution in [0.1, 0.15) is 11.4 Å². The van der Waals surface area contributed by atoms with Crippen LogP contribution in [0.15, 0.2) is 35.3 Å². The Morgan fingerprint density at radius 1 is 1.47 bits per heavy atom. The molecule has 0 saturated carbocycles. The molecule has 1 N–H and O–H groups in total. The van der Waals surface area contributed by atoms with Gasteiger partial charge in [-0.2, -0.15) is 10.2 Å². The van der Waals surface area contributed by atoms with Crippen LogP contribution in [0.4, 0.5) is 5.82 Å². The predicted molar refractivity (Wildman–Crippen MR) is 70.8 cm³/mol. The molecule has 2 rings (SSSR count). The van der Waals surface area contributed by atoms with Crippen molar-refractivity contribution >= 4 is 5.82 Å². The summed E-state index contributed by atoms with van der Waals surface area (Å²) in [5.41, 5.74) is 0.665. The van der Waals surface area contributed by atoms with E-state index in [1.54, 1.807) is 12.3 Å². The molecular formula is C13H13N5O. The summed E-state index contributed by atoms with van der Waals surface area (Å²) in [5, 5.41) is 8.80. The fourth-order valence-corrected chi connectivity index (χ4v) is 1.64. The lowest BCUT2D eigenvalue weighted by Gasteiger charge is -2.17. The number of hydrogen-bond donors (Lipinski definition) is 1. The SMILES string of the molecule is CN(CCc1ccccn1)c1cc(C#N)[nH]c(=O)n1. The van der Waals surface area contributed by atoms with Gasteiger partial charge < -0.3 is 4.90 Å². The smallest absolute Gasteiger partial charge is 0.347 e. The summed E-state index contributed by atoms with van der Waals surface area (Å²) in [6.45, 7) is 0.665. The van der Waals surface area contributed by atoms with Gasteiger partial charge in [-0.15, -0.1) is 0 Å². The van der Waals surface area contributed by atoms with Gasteiger partial charge in [0.05, 0.1) is 0 Å². The van der Waals surface area contributed by atoms with Crippen molar-refractivity contribution in [1.29, 1.82) is 5.26 Å². The van der Waals surface area contributed by atoms with Gasteiger partial charge in [0.25, 0.3) is 0 Å². The topological polar surface area (TPSA) is 85.7 Å². The van der Waals surface area contributed by atoms with E-state index in [1.165, 1.54) is 0 Å². The summed E-state index contributed by atoms with van der Waals surface area (Å²) < 4.78 is 0. The second-order valence-corrected chi connectivity index (χ2v) is 4.06. The van der Waals surface area contributed by atoms with Crippen molar-refractivity contribution in [1.82, 2.24) is 15.0 Å². The van der Waals surface area contributed by atoms with Crippen molar-refractivity contribution in [2.45, 2.75) is 6.42 Å². The summed E-state index contributed by atoms with van der Waals surface area (Å²) in [5.74, 6) is 0.483. The number of aromatic amines is 1. The number of H-pyrrole nitrogens is 1. The molecule has 19 heavy (non-hydrogen) atoms. The van der Waals surface area contributed by atoms with Gasteiger partial charge in [-0.05, 0) is 12.1 Å². The Morgan fingerprint density at radius 3 is 3.00 bits per heavy atom. The molecule has 0 aliphatic heterocycles. The molecule has 0 amide bonds. The van der Waals surface area contributed by atoms with Gasteiger partial charge >= 0.3 is 5.69 Å². The lowest BCUT2D eigenvalue weighted by Crippen LogP contribution is -2.25. The first kappa shape index (κ1) is 12.8. The Hall–Kier alpha value is -2.68. The third-order valence-electron chi connectivity index (χ3n) is 2.67. The van der Waals surface area contributed by atoms with Crippen LogP contribution in [-0.4, -0.2) is 28.5 Å². The lowest BCUT2D eigenvalue weighted by atomic mass is 10.2. The molecule has 2 aromatic rings. The molecule has 0 atom stereocenters. The molecule has 0 spiro atoms. The Kier molecular flexibility index (Phi) is 3.88. The van der Waals surface area contributed by atoms with Crippen molar-refractivity contribution in [2.24, 2.45) is 0 Å². The Bertz CT molecular complexity index is 644. The van der Waals surface area contributed by atoms with Crippen molar-refractivity contribution < 1.29 is 0 Å². The van der Waals surface area contributed by atoms with E-state index in [1.807, 2.05) is 36.2 Å². The van der Waals surface area contributed by atoms with E-state index in [0.29, 0.717) is 12.4 Å². The Morgan fingerprint density at radius 2 is 2.32 bits per heavy atom. The molecular weight excluding hydrogens is 242 g/mol. The van der Waals surface area contributed by atoms with Crippen LogP contribution in [0.3, 0.4) is 0 Å². The number of hydrogen-bond acceptors (Lipinski definition) is 5. The summed E-state index contributed by atoms with van der Waals surface area (Å²) >= 11 is 0. The van der Waals surface area contributed by atoms with E-state index >= 15 is 0 Å². The molecule has 96 valence electrons. The van der Waals surface area contributed by atoms with Gasteiger partial charge in [-0.25, -0.2) is 4.79 Å². The minimum Gasteiger partial charge on any atom is -0.359 e. The molecule has 6 heteroatoms. The van der Waals surface area contributed by atoms with Gasteiger partial charge in [0.2, 0.25) is 0 Å². The number of nitriles is 1. The molecule has 0 aromatic carbocycles. The average molecular weight is 255 g/mol. The quantitative estimate of drug-likeness (QED) is 0.869.